The number of pyridine rings is 1. The van der Waals surface area contributed by atoms with E-state index in [1.54, 1.807) is 50.4 Å². The summed E-state index contributed by atoms with van der Waals surface area (Å²) in [6.07, 6.45) is 6.60. The number of nitrogens with zero attached hydrogens (tertiary/aromatic N) is 3. The van der Waals surface area contributed by atoms with E-state index in [0.717, 1.165) is 23.9 Å². The number of benzene rings is 2. The summed E-state index contributed by atoms with van der Waals surface area (Å²) in [5.41, 5.74) is 4.52. The highest BCUT2D eigenvalue weighted by atomic mass is 79.9. The molecule has 238 valence electrons. The van der Waals surface area contributed by atoms with Crippen LogP contribution in [-0.2, 0) is 33.3 Å². The number of piperidine rings is 1. The van der Waals surface area contributed by atoms with E-state index in [1.165, 1.54) is 28.2 Å². The van der Waals surface area contributed by atoms with E-state index in [-0.39, 0.29) is 24.0 Å². The number of carbonyl (C=O) groups excluding carboxylic acids is 2. The summed E-state index contributed by atoms with van der Waals surface area (Å²) in [6, 6.07) is 15.4. The Morgan fingerprint density at radius 3 is 2.64 bits per heavy atom. The lowest BCUT2D eigenvalue weighted by Crippen LogP contribution is -2.59. The molecular formula is C34H38BrClN4O5. The number of aryl methyl sites for hydroxylation is 1. The first-order valence-corrected chi connectivity index (χ1v) is 16.0. The van der Waals surface area contributed by atoms with Gasteiger partial charge in [-0.3, -0.25) is 15.2 Å². The fourth-order valence-electron chi connectivity index (χ4n) is 6.55. The summed E-state index contributed by atoms with van der Waals surface area (Å²) in [4.78, 5) is 30.1. The zero-order valence-electron chi connectivity index (χ0n) is 26.1. The van der Waals surface area contributed by atoms with Crippen molar-refractivity contribution in [1.82, 2.24) is 14.5 Å². The summed E-state index contributed by atoms with van der Waals surface area (Å²) in [5.74, 6) is -0.174. The highest BCUT2D eigenvalue weighted by Gasteiger charge is 2.51. The van der Waals surface area contributed by atoms with Crippen molar-refractivity contribution in [3.63, 3.8) is 0 Å². The van der Waals surface area contributed by atoms with Crippen molar-refractivity contribution >= 4 is 56.2 Å². The Hall–Kier alpha value is -3.44. The Morgan fingerprint density at radius 1 is 1.16 bits per heavy atom. The highest BCUT2D eigenvalue weighted by Crippen LogP contribution is 2.49. The number of carbonyl (C=O) groups is 2. The van der Waals surface area contributed by atoms with Crippen LogP contribution < -0.4 is 5.32 Å². The van der Waals surface area contributed by atoms with Crippen LogP contribution in [0.3, 0.4) is 0 Å². The number of likely N-dealkylation sites (tertiary alicyclic amines) is 1. The zero-order valence-corrected chi connectivity index (χ0v) is 28.4. The number of likely N-dealkylation sites (N-methyl/N-ethyl adjacent to an activating group) is 1. The Balaban J connectivity index is 0.000000241. The Labute approximate surface area is 276 Å². The molecule has 3 atom stereocenters. The topological polar surface area (TPSA) is 94.9 Å². The molecular weight excluding hydrogens is 660 g/mol. The average Bonchev–Trinajstić information content (AvgIpc) is 3.32. The van der Waals surface area contributed by atoms with Crippen molar-refractivity contribution in [3.05, 3.63) is 93.3 Å². The molecule has 3 heterocycles. The van der Waals surface area contributed by atoms with E-state index in [0.29, 0.717) is 22.9 Å². The maximum Gasteiger partial charge on any atom is 0.411 e. The third kappa shape index (κ3) is 7.19. The molecule has 0 spiro atoms. The first-order valence-electron chi connectivity index (χ1n) is 14.8. The van der Waals surface area contributed by atoms with Crippen molar-refractivity contribution in [1.29, 1.82) is 0 Å². The minimum atomic E-state index is -0.470. The van der Waals surface area contributed by atoms with Gasteiger partial charge in [0.25, 0.3) is 0 Å². The van der Waals surface area contributed by atoms with E-state index in [4.69, 9.17) is 25.8 Å². The van der Waals surface area contributed by atoms with Crippen LogP contribution in [0.25, 0.3) is 10.9 Å². The fourth-order valence-corrected chi connectivity index (χ4v) is 7.11. The number of fused-ring (bicyclic) bond motifs is 2. The largest absolute Gasteiger partial charge is 0.462 e. The molecule has 2 aromatic carbocycles. The predicted molar refractivity (Wildman–Crippen MR) is 179 cm³/mol. The highest BCUT2D eigenvalue weighted by molar-refractivity contribution is 9.10. The molecule has 6 rings (SSSR count). The van der Waals surface area contributed by atoms with Gasteiger partial charge in [0.1, 0.15) is 5.60 Å². The van der Waals surface area contributed by atoms with Gasteiger partial charge in [-0.05, 0) is 91.1 Å². The van der Waals surface area contributed by atoms with Gasteiger partial charge >= 0.3 is 12.1 Å². The van der Waals surface area contributed by atoms with Crippen molar-refractivity contribution in [3.8, 4) is 0 Å². The zero-order chi connectivity index (χ0) is 32.3. The molecule has 45 heavy (non-hydrogen) atoms. The van der Waals surface area contributed by atoms with Crippen molar-refractivity contribution < 1.29 is 23.8 Å². The number of amides is 1. The van der Waals surface area contributed by atoms with E-state index in [1.807, 2.05) is 7.11 Å². The first-order chi connectivity index (χ1) is 21.5. The summed E-state index contributed by atoms with van der Waals surface area (Å²) >= 11 is 9.10. The molecule has 1 saturated heterocycles. The van der Waals surface area contributed by atoms with E-state index in [2.05, 4.69) is 74.2 Å². The van der Waals surface area contributed by atoms with Crippen LogP contribution >= 0.6 is 27.5 Å². The number of nitrogens with one attached hydrogen (secondary N) is 1. The van der Waals surface area contributed by atoms with Gasteiger partial charge in [-0.1, -0.05) is 29.8 Å². The van der Waals surface area contributed by atoms with Gasteiger partial charge in [-0.25, -0.2) is 9.59 Å². The van der Waals surface area contributed by atoms with Crippen LogP contribution in [0.2, 0.25) is 5.02 Å². The molecule has 0 radical (unpaired) electrons. The normalized spacial score (nSPS) is 20.6. The third-order valence-electron chi connectivity index (χ3n) is 8.34. The van der Waals surface area contributed by atoms with Gasteiger partial charge in [0.05, 0.1) is 18.3 Å². The van der Waals surface area contributed by atoms with Crippen molar-refractivity contribution in [2.24, 2.45) is 13.0 Å². The lowest BCUT2D eigenvalue weighted by atomic mass is 9.69. The SMILES string of the molecule is CC(C)OC(=O)Nc1cccc(Cl)c1.COC12CC(COC(=O)c3cncc(Br)c3)CN(C)C1Cc1cn(C)c3cccc2c13. The lowest BCUT2D eigenvalue weighted by molar-refractivity contribution is -0.131. The van der Waals surface area contributed by atoms with Gasteiger partial charge in [0, 0.05) is 77.3 Å². The van der Waals surface area contributed by atoms with Crippen molar-refractivity contribution in [2.75, 3.05) is 32.6 Å². The van der Waals surface area contributed by atoms with Crippen LogP contribution in [0.15, 0.2) is 71.6 Å². The first kappa shape index (κ1) is 32.9. The Kier molecular flexibility index (Phi) is 10.2. The standard InChI is InChI=1S/C24H26BrN3O3.C10H12ClNO2/c1-27-13-17-8-21-24(30-3,19-5-4-6-20(27)22(17)19)9-15(12-28(21)2)14-31-23(29)16-7-18(25)11-26-10-16;1-7(2)14-10(13)12-9-5-3-4-8(11)6-9/h4-7,10-11,13,15,21H,8-9,12,14H2,1-3H3;3-7H,1-2H3,(H,12,13). The third-order valence-corrected chi connectivity index (χ3v) is 9.01. The van der Waals surface area contributed by atoms with Crippen LogP contribution in [0.1, 0.15) is 41.8 Å². The van der Waals surface area contributed by atoms with Crippen LogP contribution in [0, 0.1) is 5.92 Å². The number of anilines is 1. The molecule has 4 aromatic rings. The molecule has 1 N–H and O–H groups in total. The van der Waals surface area contributed by atoms with E-state index >= 15 is 0 Å². The molecule has 2 aliphatic rings. The molecule has 0 bridgehead atoms. The summed E-state index contributed by atoms with van der Waals surface area (Å²) < 4.78 is 19.9. The number of hydrogen-bond acceptors (Lipinski definition) is 7. The van der Waals surface area contributed by atoms with Crippen LogP contribution in [0.4, 0.5) is 10.5 Å². The lowest BCUT2D eigenvalue weighted by Gasteiger charge is -2.53. The maximum atomic E-state index is 12.5. The van der Waals surface area contributed by atoms with Gasteiger partial charge in [0.15, 0.2) is 0 Å². The number of rotatable bonds is 6. The molecule has 9 nitrogen and oxygen atoms in total. The second-order valence-electron chi connectivity index (χ2n) is 11.9. The number of methoxy groups -OCH3 is 1. The minimum absolute atomic E-state index is 0.130. The van der Waals surface area contributed by atoms with Gasteiger partial charge in [-0.2, -0.15) is 0 Å². The number of aromatic nitrogens is 2. The van der Waals surface area contributed by atoms with E-state index < -0.39 is 11.7 Å². The number of esters is 1. The van der Waals surface area contributed by atoms with E-state index in [9.17, 15) is 9.59 Å². The smallest absolute Gasteiger partial charge is 0.411 e. The van der Waals surface area contributed by atoms with Gasteiger partial charge in [0.2, 0.25) is 0 Å². The second-order valence-corrected chi connectivity index (χ2v) is 13.2. The fraction of sp³-hybridized carbons (Fsp3) is 0.382. The summed E-state index contributed by atoms with van der Waals surface area (Å²) in [7, 11) is 6.07. The maximum absolute atomic E-state index is 12.5. The predicted octanol–water partition coefficient (Wildman–Crippen LogP) is 7.21. The molecule has 2 aromatic heterocycles. The molecule has 0 saturated carbocycles. The summed E-state index contributed by atoms with van der Waals surface area (Å²) in [5, 5.41) is 4.46. The monoisotopic (exact) mass is 696 g/mol. The van der Waals surface area contributed by atoms with Crippen molar-refractivity contribution in [2.45, 2.75) is 44.4 Å². The molecule has 3 unspecified atom stereocenters. The number of ether oxygens (including phenoxy) is 3. The number of hydrogen-bond donors (Lipinski definition) is 1. The van der Waals surface area contributed by atoms with Gasteiger partial charge < -0.3 is 18.8 Å². The van der Waals surface area contributed by atoms with Crippen LogP contribution in [0.5, 0.6) is 0 Å². The Morgan fingerprint density at radius 2 is 1.93 bits per heavy atom. The van der Waals surface area contributed by atoms with Crippen LogP contribution in [-0.4, -0.2) is 66.0 Å². The quantitative estimate of drug-likeness (QED) is 0.213. The second kappa shape index (κ2) is 13.9. The average molecular weight is 698 g/mol. The molecule has 1 fully saturated rings. The Bertz CT molecular complexity index is 1690. The number of halogens is 2. The molecule has 1 aliphatic carbocycles. The summed E-state index contributed by atoms with van der Waals surface area (Å²) in [6.45, 7) is 4.79. The molecule has 1 aliphatic heterocycles. The molecule has 1 amide bonds. The van der Waals surface area contributed by atoms with Gasteiger partial charge in [-0.15, -0.1) is 0 Å². The minimum Gasteiger partial charge on any atom is -0.462 e. The molecule has 11 heteroatoms.